The fourth-order valence-electron chi connectivity index (χ4n) is 1.78. The highest BCUT2D eigenvalue weighted by molar-refractivity contribution is 7.11. The molecule has 82 valence electrons. The molecule has 15 heavy (non-hydrogen) atoms. The number of amides is 1. The van der Waals surface area contributed by atoms with Crippen molar-refractivity contribution in [3.8, 4) is 0 Å². The van der Waals surface area contributed by atoms with Gasteiger partial charge < -0.3 is 10.6 Å². The summed E-state index contributed by atoms with van der Waals surface area (Å²) >= 11 is 1.74. The Bertz CT molecular complexity index is 342. The number of nitrogens with one attached hydrogen (secondary N) is 2. The summed E-state index contributed by atoms with van der Waals surface area (Å²) in [4.78, 5) is 14.2. The van der Waals surface area contributed by atoms with Crippen molar-refractivity contribution in [3.05, 3.63) is 21.9 Å². The number of carbonyl (C=O) groups excluding carboxylic acids is 1. The normalized spacial score (nSPS) is 20.5. The van der Waals surface area contributed by atoms with E-state index in [0.29, 0.717) is 6.54 Å². The number of hydrogen-bond acceptors (Lipinski definition) is 3. The predicted molar refractivity (Wildman–Crippen MR) is 61.9 cm³/mol. The Labute approximate surface area is 93.9 Å². The molecule has 3 nitrogen and oxygen atoms in total. The van der Waals surface area contributed by atoms with Gasteiger partial charge in [-0.1, -0.05) is 0 Å². The number of aryl methyl sites for hydroxylation is 1. The number of thiophene rings is 1. The van der Waals surface area contributed by atoms with E-state index < -0.39 is 0 Å². The third-order valence-corrected chi connectivity index (χ3v) is 3.66. The maximum absolute atomic E-state index is 11.7. The van der Waals surface area contributed by atoms with E-state index in [1.165, 1.54) is 9.75 Å². The van der Waals surface area contributed by atoms with Gasteiger partial charge >= 0.3 is 0 Å². The summed E-state index contributed by atoms with van der Waals surface area (Å²) in [5.41, 5.74) is 0. The van der Waals surface area contributed by atoms with Crippen LogP contribution in [0.5, 0.6) is 0 Å². The van der Waals surface area contributed by atoms with E-state index in [4.69, 9.17) is 0 Å². The summed E-state index contributed by atoms with van der Waals surface area (Å²) < 4.78 is 0. The first kappa shape index (κ1) is 10.6. The molecule has 0 unspecified atom stereocenters. The molecule has 0 saturated carbocycles. The topological polar surface area (TPSA) is 41.1 Å². The molecule has 1 atom stereocenters. The minimum absolute atomic E-state index is 0.172. The second-order valence-corrected chi connectivity index (χ2v) is 5.29. The largest absolute Gasteiger partial charge is 0.351 e. The van der Waals surface area contributed by atoms with Crippen LogP contribution in [0.25, 0.3) is 0 Å². The molecule has 1 aromatic heterocycles. The Morgan fingerprint density at radius 1 is 1.67 bits per heavy atom. The molecule has 1 aromatic rings. The van der Waals surface area contributed by atoms with Crippen LogP contribution >= 0.6 is 11.3 Å². The van der Waals surface area contributed by atoms with Gasteiger partial charge in [0.05, 0.1) is 12.5 Å². The van der Waals surface area contributed by atoms with Crippen LogP contribution in [-0.4, -0.2) is 19.0 Å². The Morgan fingerprint density at radius 2 is 2.53 bits per heavy atom. The van der Waals surface area contributed by atoms with Gasteiger partial charge in [0.1, 0.15) is 0 Å². The van der Waals surface area contributed by atoms with E-state index in [1.54, 1.807) is 11.3 Å². The van der Waals surface area contributed by atoms with Gasteiger partial charge in [0, 0.05) is 16.3 Å². The van der Waals surface area contributed by atoms with E-state index in [-0.39, 0.29) is 11.8 Å². The Kier molecular flexibility index (Phi) is 3.38. The van der Waals surface area contributed by atoms with Gasteiger partial charge in [-0.25, -0.2) is 0 Å². The zero-order valence-corrected chi connectivity index (χ0v) is 9.69. The van der Waals surface area contributed by atoms with Gasteiger partial charge in [0.25, 0.3) is 0 Å². The van der Waals surface area contributed by atoms with E-state index in [2.05, 4.69) is 29.7 Å². The first-order valence-corrected chi connectivity index (χ1v) is 6.11. The summed E-state index contributed by atoms with van der Waals surface area (Å²) in [5.74, 6) is 0.358. The molecule has 2 N–H and O–H groups in total. The lowest BCUT2D eigenvalue weighted by atomic mass is 10.1. The van der Waals surface area contributed by atoms with Crippen molar-refractivity contribution >= 4 is 17.2 Å². The minimum atomic E-state index is 0.172. The van der Waals surface area contributed by atoms with Gasteiger partial charge in [-0.05, 0) is 32.0 Å². The average molecular weight is 224 g/mol. The molecule has 0 aromatic carbocycles. The molecule has 1 aliphatic rings. The van der Waals surface area contributed by atoms with Crippen molar-refractivity contribution in [2.24, 2.45) is 5.92 Å². The number of hydrogen-bond donors (Lipinski definition) is 2. The van der Waals surface area contributed by atoms with Gasteiger partial charge in [-0.3, -0.25) is 4.79 Å². The van der Waals surface area contributed by atoms with Crippen molar-refractivity contribution in [2.75, 3.05) is 13.1 Å². The maximum Gasteiger partial charge on any atom is 0.224 e. The van der Waals surface area contributed by atoms with Crippen molar-refractivity contribution < 1.29 is 4.79 Å². The SMILES string of the molecule is Cc1ccc(CNC(=O)[C@H]2CCNC2)s1. The van der Waals surface area contributed by atoms with Gasteiger partial charge in [0.2, 0.25) is 5.91 Å². The lowest BCUT2D eigenvalue weighted by molar-refractivity contribution is -0.124. The quantitative estimate of drug-likeness (QED) is 0.812. The predicted octanol–water partition coefficient (Wildman–Crippen LogP) is 1.28. The Morgan fingerprint density at radius 3 is 3.13 bits per heavy atom. The van der Waals surface area contributed by atoms with E-state index in [0.717, 1.165) is 19.5 Å². The van der Waals surface area contributed by atoms with Crippen LogP contribution in [0.4, 0.5) is 0 Å². The highest BCUT2D eigenvalue weighted by atomic mass is 32.1. The second-order valence-electron chi connectivity index (χ2n) is 3.92. The van der Waals surface area contributed by atoms with E-state index in [1.807, 2.05) is 0 Å². The molecular formula is C11H16N2OS. The van der Waals surface area contributed by atoms with Crippen LogP contribution in [0.1, 0.15) is 16.2 Å². The number of rotatable bonds is 3. The summed E-state index contributed by atoms with van der Waals surface area (Å²) in [7, 11) is 0. The zero-order valence-electron chi connectivity index (χ0n) is 8.88. The molecule has 2 heterocycles. The van der Waals surface area contributed by atoms with Crippen molar-refractivity contribution in [1.29, 1.82) is 0 Å². The summed E-state index contributed by atoms with van der Waals surface area (Å²) in [6, 6.07) is 4.16. The average Bonchev–Trinajstić information content (AvgIpc) is 2.84. The maximum atomic E-state index is 11.7. The summed E-state index contributed by atoms with van der Waals surface area (Å²) in [6.07, 6.45) is 0.968. The van der Waals surface area contributed by atoms with E-state index >= 15 is 0 Å². The monoisotopic (exact) mass is 224 g/mol. The first-order chi connectivity index (χ1) is 7.25. The lowest BCUT2D eigenvalue weighted by Gasteiger charge is -2.08. The first-order valence-electron chi connectivity index (χ1n) is 5.29. The van der Waals surface area contributed by atoms with Crippen LogP contribution in [0.15, 0.2) is 12.1 Å². The summed E-state index contributed by atoms with van der Waals surface area (Å²) in [6.45, 7) is 4.55. The molecule has 0 radical (unpaired) electrons. The van der Waals surface area contributed by atoms with Crippen LogP contribution < -0.4 is 10.6 Å². The molecule has 0 spiro atoms. The molecule has 0 bridgehead atoms. The molecule has 2 rings (SSSR count). The van der Waals surface area contributed by atoms with Crippen LogP contribution in [0.2, 0.25) is 0 Å². The fourth-order valence-corrected chi connectivity index (χ4v) is 2.61. The van der Waals surface area contributed by atoms with E-state index in [9.17, 15) is 4.79 Å². The Balaban J connectivity index is 1.80. The third kappa shape index (κ3) is 2.79. The zero-order chi connectivity index (χ0) is 10.7. The van der Waals surface area contributed by atoms with Gasteiger partial charge in [0.15, 0.2) is 0 Å². The molecule has 0 aliphatic carbocycles. The molecule has 1 fully saturated rings. The van der Waals surface area contributed by atoms with Gasteiger partial charge in [-0.2, -0.15) is 0 Å². The number of carbonyl (C=O) groups is 1. The van der Waals surface area contributed by atoms with Crippen LogP contribution in [0, 0.1) is 12.8 Å². The smallest absolute Gasteiger partial charge is 0.224 e. The second kappa shape index (κ2) is 4.77. The molecular weight excluding hydrogens is 208 g/mol. The Hall–Kier alpha value is -0.870. The standard InChI is InChI=1S/C11H16N2OS/c1-8-2-3-10(15-8)7-13-11(14)9-4-5-12-6-9/h2-3,9,12H,4-7H2,1H3,(H,13,14)/t9-/m0/s1. The highest BCUT2D eigenvalue weighted by Crippen LogP contribution is 2.15. The molecule has 4 heteroatoms. The molecule has 1 saturated heterocycles. The molecule has 1 aliphatic heterocycles. The van der Waals surface area contributed by atoms with Crippen molar-refractivity contribution in [1.82, 2.24) is 10.6 Å². The van der Waals surface area contributed by atoms with Gasteiger partial charge in [-0.15, -0.1) is 11.3 Å². The molecule has 1 amide bonds. The van der Waals surface area contributed by atoms with Crippen LogP contribution in [-0.2, 0) is 11.3 Å². The van der Waals surface area contributed by atoms with Crippen LogP contribution in [0.3, 0.4) is 0 Å². The third-order valence-electron chi connectivity index (χ3n) is 2.66. The fraction of sp³-hybridized carbons (Fsp3) is 0.545. The summed E-state index contributed by atoms with van der Waals surface area (Å²) in [5, 5.41) is 6.18. The minimum Gasteiger partial charge on any atom is -0.351 e. The lowest BCUT2D eigenvalue weighted by Crippen LogP contribution is -2.31. The highest BCUT2D eigenvalue weighted by Gasteiger charge is 2.21. The van der Waals surface area contributed by atoms with Crippen molar-refractivity contribution in [2.45, 2.75) is 19.9 Å². The van der Waals surface area contributed by atoms with Crippen molar-refractivity contribution in [3.63, 3.8) is 0 Å².